The van der Waals surface area contributed by atoms with E-state index in [9.17, 15) is 4.79 Å². The summed E-state index contributed by atoms with van der Waals surface area (Å²) in [6.45, 7) is 3.98. The summed E-state index contributed by atoms with van der Waals surface area (Å²) in [6, 6.07) is 3.56. The predicted molar refractivity (Wildman–Crippen MR) is 78.7 cm³/mol. The first-order valence-corrected chi connectivity index (χ1v) is 6.55. The molecule has 1 rings (SSSR count). The Kier molecular flexibility index (Phi) is 5.84. The van der Waals surface area contributed by atoms with Gasteiger partial charge in [0.2, 0.25) is 5.75 Å². The van der Waals surface area contributed by atoms with Gasteiger partial charge in [-0.05, 0) is 31.5 Å². The molecule has 118 valence electrons. The zero-order chi connectivity index (χ0) is 16.0. The van der Waals surface area contributed by atoms with E-state index >= 15 is 0 Å². The van der Waals surface area contributed by atoms with Crippen molar-refractivity contribution in [1.29, 1.82) is 0 Å². The topological polar surface area (TPSA) is 80.0 Å². The smallest absolute Gasteiger partial charge is 0.314 e. The van der Waals surface area contributed by atoms with E-state index in [0.29, 0.717) is 23.8 Å². The number of hydrogen-bond donors (Lipinski definition) is 1. The maximum absolute atomic E-state index is 11.7. The second-order valence-electron chi connectivity index (χ2n) is 5.20. The third kappa shape index (κ3) is 4.01. The van der Waals surface area contributed by atoms with Gasteiger partial charge in [-0.2, -0.15) is 0 Å². The Hall–Kier alpha value is -1.95. The number of nitrogens with two attached hydrogens (primary N) is 1. The Bertz CT molecular complexity index is 474. The molecule has 0 unspecified atom stereocenters. The van der Waals surface area contributed by atoms with Gasteiger partial charge in [0.25, 0.3) is 0 Å². The van der Waals surface area contributed by atoms with Gasteiger partial charge in [-0.1, -0.05) is 0 Å². The molecule has 1 aromatic carbocycles. The average Bonchev–Trinajstić information content (AvgIpc) is 2.50. The van der Waals surface area contributed by atoms with Gasteiger partial charge in [0.1, 0.15) is 6.61 Å². The maximum Gasteiger partial charge on any atom is 0.314 e. The van der Waals surface area contributed by atoms with Gasteiger partial charge in [-0.25, -0.2) is 0 Å². The summed E-state index contributed by atoms with van der Waals surface area (Å²) in [6.07, 6.45) is 0. The lowest BCUT2D eigenvalue weighted by Crippen LogP contribution is -2.32. The lowest BCUT2D eigenvalue weighted by atomic mass is 9.95. The van der Waals surface area contributed by atoms with Gasteiger partial charge < -0.3 is 24.7 Å². The lowest BCUT2D eigenvalue weighted by Gasteiger charge is -2.23. The fraction of sp³-hybridized carbons (Fsp3) is 0.533. The molecular formula is C15H23NO5. The maximum atomic E-state index is 11.7. The minimum absolute atomic E-state index is 0.133. The first-order valence-electron chi connectivity index (χ1n) is 6.55. The van der Waals surface area contributed by atoms with Crippen LogP contribution in [-0.4, -0.2) is 33.9 Å². The normalized spacial score (nSPS) is 11.0. The van der Waals surface area contributed by atoms with Crippen LogP contribution in [0.15, 0.2) is 12.1 Å². The Morgan fingerprint density at radius 3 is 2.05 bits per heavy atom. The summed E-state index contributed by atoms with van der Waals surface area (Å²) >= 11 is 0. The molecule has 0 saturated heterocycles. The molecule has 6 nitrogen and oxygen atoms in total. The summed E-state index contributed by atoms with van der Waals surface area (Å²) in [4.78, 5) is 11.7. The van der Waals surface area contributed by atoms with Crippen molar-refractivity contribution in [2.45, 2.75) is 20.4 Å². The molecule has 0 aliphatic heterocycles. The van der Waals surface area contributed by atoms with E-state index in [4.69, 9.17) is 24.7 Å². The lowest BCUT2D eigenvalue weighted by molar-refractivity contribution is -0.152. The van der Waals surface area contributed by atoms with Gasteiger partial charge in [-0.15, -0.1) is 0 Å². The predicted octanol–water partition coefficient (Wildman–Crippen LogP) is 1.74. The molecule has 0 fully saturated rings. The van der Waals surface area contributed by atoms with E-state index in [2.05, 4.69) is 0 Å². The molecule has 6 heteroatoms. The van der Waals surface area contributed by atoms with Crippen molar-refractivity contribution >= 4 is 5.97 Å². The number of esters is 1. The monoisotopic (exact) mass is 297 g/mol. The number of rotatable bonds is 7. The summed E-state index contributed by atoms with van der Waals surface area (Å²) < 4.78 is 21.1. The van der Waals surface area contributed by atoms with Crippen LogP contribution in [0.3, 0.4) is 0 Å². The van der Waals surface area contributed by atoms with Gasteiger partial charge in [0, 0.05) is 6.54 Å². The van der Waals surface area contributed by atoms with Gasteiger partial charge in [0.05, 0.1) is 26.7 Å². The van der Waals surface area contributed by atoms with E-state index in [0.717, 1.165) is 5.56 Å². The third-order valence-electron chi connectivity index (χ3n) is 3.07. The second-order valence-corrected chi connectivity index (χ2v) is 5.20. The summed E-state index contributed by atoms with van der Waals surface area (Å²) in [5, 5.41) is 0. The largest absolute Gasteiger partial charge is 0.493 e. The molecule has 1 aromatic rings. The minimum Gasteiger partial charge on any atom is -0.493 e. The number of hydrogen-bond acceptors (Lipinski definition) is 6. The Morgan fingerprint density at radius 2 is 1.67 bits per heavy atom. The highest BCUT2D eigenvalue weighted by molar-refractivity contribution is 5.76. The molecule has 0 aromatic heterocycles. The van der Waals surface area contributed by atoms with E-state index in [1.807, 2.05) is 0 Å². The van der Waals surface area contributed by atoms with Crippen molar-refractivity contribution < 1.29 is 23.7 Å². The summed E-state index contributed by atoms with van der Waals surface area (Å²) in [5.74, 6) is 1.11. The van der Waals surface area contributed by atoms with Crippen molar-refractivity contribution in [3.8, 4) is 17.2 Å². The molecule has 0 atom stereocenters. The SMILES string of the molecule is COC(=O)C(C)(C)COc1c(OC)cc(CN)cc1OC. The molecule has 0 radical (unpaired) electrons. The van der Waals surface area contributed by atoms with Gasteiger partial charge in [0.15, 0.2) is 11.5 Å². The van der Waals surface area contributed by atoms with Crippen molar-refractivity contribution in [3.63, 3.8) is 0 Å². The van der Waals surface area contributed by atoms with Crippen LogP contribution in [0.1, 0.15) is 19.4 Å². The Balaban J connectivity index is 3.04. The van der Waals surface area contributed by atoms with Crippen molar-refractivity contribution in [2.24, 2.45) is 11.1 Å². The van der Waals surface area contributed by atoms with Gasteiger partial charge >= 0.3 is 5.97 Å². The van der Waals surface area contributed by atoms with Crippen LogP contribution >= 0.6 is 0 Å². The molecule has 0 saturated carbocycles. The standard InChI is InChI=1S/C15H23NO5/c1-15(2,14(17)20-5)9-21-13-11(18-3)6-10(8-16)7-12(13)19-4/h6-7H,8-9,16H2,1-5H3. The molecule has 0 aliphatic carbocycles. The van der Waals surface area contributed by atoms with Crippen molar-refractivity contribution in [3.05, 3.63) is 17.7 Å². The fourth-order valence-electron chi connectivity index (χ4n) is 1.78. The van der Waals surface area contributed by atoms with E-state index in [-0.39, 0.29) is 12.6 Å². The van der Waals surface area contributed by atoms with Crippen molar-refractivity contribution in [1.82, 2.24) is 0 Å². The Labute approximate surface area is 125 Å². The highest BCUT2D eigenvalue weighted by Gasteiger charge is 2.30. The third-order valence-corrected chi connectivity index (χ3v) is 3.07. The van der Waals surface area contributed by atoms with E-state index in [1.54, 1.807) is 26.0 Å². The molecule has 0 heterocycles. The fourth-order valence-corrected chi connectivity index (χ4v) is 1.78. The zero-order valence-electron chi connectivity index (χ0n) is 13.2. The van der Waals surface area contributed by atoms with Crippen LogP contribution in [0.4, 0.5) is 0 Å². The van der Waals surface area contributed by atoms with Crippen LogP contribution in [0.25, 0.3) is 0 Å². The molecule has 21 heavy (non-hydrogen) atoms. The summed E-state index contributed by atoms with van der Waals surface area (Å²) in [7, 11) is 4.42. The first kappa shape index (κ1) is 17.1. The van der Waals surface area contributed by atoms with Crippen LogP contribution < -0.4 is 19.9 Å². The van der Waals surface area contributed by atoms with E-state index in [1.165, 1.54) is 21.3 Å². The Morgan fingerprint density at radius 1 is 1.14 bits per heavy atom. The van der Waals surface area contributed by atoms with Gasteiger partial charge in [-0.3, -0.25) is 4.79 Å². The number of carbonyl (C=O) groups excluding carboxylic acids is 1. The number of methoxy groups -OCH3 is 3. The van der Waals surface area contributed by atoms with Crippen molar-refractivity contribution in [2.75, 3.05) is 27.9 Å². The average molecular weight is 297 g/mol. The molecule has 2 N–H and O–H groups in total. The molecule has 0 spiro atoms. The molecule has 0 aliphatic rings. The molecule has 0 amide bonds. The molecule has 0 bridgehead atoms. The van der Waals surface area contributed by atoms with Crippen LogP contribution in [0.5, 0.6) is 17.2 Å². The summed E-state index contributed by atoms with van der Waals surface area (Å²) in [5.41, 5.74) is 5.72. The minimum atomic E-state index is -0.780. The van der Waals surface area contributed by atoms with E-state index < -0.39 is 5.41 Å². The highest BCUT2D eigenvalue weighted by atomic mass is 16.5. The van der Waals surface area contributed by atoms with Crippen LogP contribution in [-0.2, 0) is 16.1 Å². The first-order chi connectivity index (χ1) is 9.89. The van der Waals surface area contributed by atoms with Crippen LogP contribution in [0, 0.1) is 5.41 Å². The molecular weight excluding hydrogens is 274 g/mol. The zero-order valence-corrected chi connectivity index (χ0v) is 13.2. The quantitative estimate of drug-likeness (QED) is 0.772. The number of ether oxygens (including phenoxy) is 4. The van der Waals surface area contributed by atoms with Crippen LogP contribution in [0.2, 0.25) is 0 Å². The second kappa shape index (κ2) is 7.17. The highest BCUT2D eigenvalue weighted by Crippen LogP contribution is 2.39. The number of benzene rings is 1. The number of carbonyl (C=O) groups is 1.